The smallest absolute Gasteiger partial charge is 0.424 e. The van der Waals surface area contributed by atoms with E-state index in [2.05, 4.69) is 0 Å². The number of ether oxygens (including phenoxy) is 2. The van der Waals surface area contributed by atoms with Crippen LogP contribution in [-0.4, -0.2) is 11.8 Å². The Hall–Kier alpha value is -0.990. The number of allylic oxidation sites excluding steroid dienone is 1. The normalized spacial score (nSPS) is 20.9. The number of cyclic esters (lactones) is 2. The predicted octanol–water partition coefficient (Wildman–Crippen LogP) is 2.62. The van der Waals surface area contributed by atoms with Crippen molar-refractivity contribution in [3.63, 3.8) is 0 Å². The van der Waals surface area contributed by atoms with Gasteiger partial charge in [0.25, 0.3) is 0 Å². The van der Waals surface area contributed by atoms with Crippen LogP contribution in [0.2, 0.25) is 0 Å². The van der Waals surface area contributed by atoms with Crippen LogP contribution in [0.4, 0.5) is 4.79 Å². The Morgan fingerprint density at radius 2 is 2.17 bits per heavy atom. The summed E-state index contributed by atoms with van der Waals surface area (Å²) >= 11 is 0. The molecule has 12 heavy (non-hydrogen) atoms. The Balaban J connectivity index is 2.73. The van der Waals surface area contributed by atoms with Gasteiger partial charge in [-0.1, -0.05) is 6.92 Å². The lowest BCUT2D eigenvalue weighted by Gasteiger charge is -2.26. The molecule has 3 nitrogen and oxygen atoms in total. The molecule has 3 heteroatoms. The van der Waals surface area contributed by atoms with Crippen LogP contribution in [0.5, 0.6) is 0 Å². The van der Waals surface area contributed by atoms with E-state index in [9.17, 15) is 4.79 Å². The Labute approximate surface area is 72.4 Å². The highest BCUT2D eigenvalue weighted by Crippen LogP contribution is 2.23. The van der Waals surface area contributed by atoms with E-state index in [-0.39, 0.29) is 0 Å². The number of hydrogen-bond acceptors (Lipinski definition) is 3. The highest BCUT2D eigenvalue weighted by atomic mass is 16.7. The van der Waals surface area contributed by atoms with Crippen LogP contribution < -0.4 is 0 Å². The molecular weight excluding hydrogens is 156 g/mol. The van der Waals surface area contributed by atoms with Crippen molar-refractivity contribution in [1.82, 2.24) is 0 Å². The Morgan fingerprint density at radius 3 is 2.67 bits per heavy atom. The third-order valence-electron chi connectivity index (χ3n) is 1.57. The second kappa shape index (κ2) is 3.17. The van der Waals surface area contributed by atoms with Gasteiger partial charge in [-0.3, -0.25) is 0 Å². The van der Waals surface area contributed by atoms with Crippen molar-refractivity contribution in [2.75, 3.05) is 0 Å². The van der Waals surface area contributed by atoms with Crippen molar-refractivity contribution in [3.05, 3.63) is 11.8 Å². The van der Waals surface area contributed by atoms with Crippen LogP contribution in [-0.2, 0) is 9.47 Å². The molecule has 0 aromatic rings. The Morgan fingerprint density at radius 1 is 1.50 bits per heavy atom. The highest BCUT2D eigenvalue weighted by molar-refractivity contribution is 5.63. The van der Waals surface area contributed by atoms with Crippen LogP contribution >= 0.6 is 0 Å². The topological polar surface area (TPSA) is 35.5 Å². The fourth-order valence-electron chi connectivity index (χ4n) is 1.16. The van der Waals surface area contributed by atoms with E-state index >= 15 is 0 Å². The molecule has 0 radical (unpaired) electrons. The van der Waals surface area contributed by atoms with Crippen LogP contribution in [0.1, 0.15) is 33.6 Å². The third kappa shape index (κ3) is 2.26. The van der Waals surface area contributed by atoms with Gasteiger partial charge >= 0.3 is 6.16 Å². The molecule has 0 bridgehead atoms. The first-order valence-electron chi connectivity index (χ1n) is 4.16. The van der Waals surface area contributed by atoms with Gasteiger partial charge in [-0.15, -0.1) is 0 Å². The second-order valence-corrected chi connectivity index (χ2v) is 3.42. The number of rotatable bonds is 2. The molecule has 0 saturated heterocycles. The van der Waals surface area contributed by atoms with E-state index in [0.29, 0.717) is 0 Å². The monoisotopic (exact) mass is 170 g/mol. The summed E-state index contributed by atoms with van der Waals surface area (Å²) in [7, 11) is 0. The maximum atomic E-state index is 10.9. The van der Waals surface area contributed by atoms with E-state index in [0.717, 1.165) is 18.6 Å². The van der Waals surface area contributed by atoms with Crippen LogP contribution in [0.25, 0.3) is 0 Å². The van der Waals surface area contributed by atoms with Gasteiger partial charge in [0, 0.05) is 6.42 Å². The summed E-state index contributed by atoms with van der Waals surface area (Å²) in [6, 6.07) is 0. The molecule has 68 valence electrons. The SMILES string of the molecule is CCCC1=CC(C)(C)OC(=O)O1. The summed E-state index contributed by atoms with van der Waals surface area (Å²) in [6.07, 6.45) is 3.01. The van der Waals surface area contributed by atoms with Crippen molar-refractivity contribution in [3.8, 4) is 0 Å². The van der Waals surface area contributed by atoms with Crippen LogP contribution in [0.15, 0.2) is 11.8 Å². The van der Waals surface area contributed by atoms with Gasteiger partial charge in [0.1, 0.15) is 11.4 Å². The Bertz CT molecular complexity index is 216. The fourth-order valence-corrected chi connectivity index (χ4v) is 1.16. The molecule has 0 aromatic heterocycles. The predicted molar refractivity (Wildman–Crippen MR) is 44.6 cm³/mol. The summed E-state index contributed by atoms with van der Waals surface area (Å²) in [5.74, 6) is 0.721. The molecule has 0 spiro atoms. The first kappa shape index (κ1) is 9.10. The van der Waals surface area contributed by atoms with Crippen molar-refractivity contribution >= 4 is 6.16 Å². The molecule has 1 aliphatic heterocycles. The van der Waals surface area contributed by atoms with E-state index in [1.165, 1.54) is 0 Å². The van der Waals surface area contributed by atoms with Crippen LogP contribution in [0, 0.1) is 0 Å². The second-order valence-electron chi connectivity index (χ2n) is 3.42. The standard InChI is InChI=1S/C9H14O3/c1-4-5-7-6-9(2,3)12-8(10)11-7/h6H,4-5H2,1-3H3. The summed E-state index contributed by atoms with van der Waals surface area (Å²) in [5, 5.41) is 0. The molecule has 0 amide bonds. The molecule has 0 N–H and O–H groups in total. The van der Waals surface area contributed by atoms with Crippen molar-refractivity contribution in [2.45, 2.75) is 39.2 Å². The van der Waals surface area contributed by atoms with Gasteiger partial charge in [0.15, 0.2) is 0 Å². The summed E-state index contributed by atoms with van der Waals surface area (Å²) in [5.41, 5.74) is -0.514. The zero-order valence-electron chi connectivity index (χ0n) is 7.72. The van der Waals surface area contributed by atoms with E-state index in [4.69, 9.17) is 9.47 Å². The van der Waals surface area contributed by atoms with Crippen molar-refractivity contribution < 1.29 is 14.3 Å². The quantitative estimate of drug-likeness (QED) is 0.597. The number of hydrogen-bond donors (Lipinski definition) is 0. The average molecular weight is 170 g/mol. The molecule has 0 fully saturated rings. The average Bonchev–Trinajstić information content (AvgIpc) is 1.82. The molecule has 0 aliphatic carbocycles. The van der Waals surface area contributed by atoms with Crippen molar-refractivity contribution in [2.24, 2.45) is 0 Å². The minimum Gasteiger partial charge on any atom is -0.424 e. The molecule has 1 heterocycles. The van der Waals surface area contributed by atoms with Gasteiger partial charge < -0.3 is 9.47 Å². The van der Waals surface area contributed by atoms with Gasteiger partial charge in [-0.2, -0.15) is 0 Å². The molecule has 0 atom stereocenters. The fraction of sp³-hybridized carbons (Fsp3) is 0.667. The first-order chi connectivity index (χ1) is 5.53. The van der Waals surface area contributed by atoms with Gasteiger partial charge in [0.2, 0.25) is 0 Å². The molecule has 1 rings (SSSR count). The van der Waals surface area contributed by atoms with Gasteiger partial charge in [-0.25, -0.2) is 4.79 Å². The maximum Gasteiger partial charge on any atom is 0.514 e. The number of carbonyl (C=O) groups is 1. The largest absolute Gasteiger partial charge is 0.514 e. The zero-order chi connectivity index (χ0) is 9.19. The lowest BCUT2D eigenvalue weighted by molar-refractivity contribution is 0.000515. The van der Waals surface area contributed by atoms with Crippen molar-refractivity contribution in [1.29, 1.82) is 0 Å². The third-order valence-corrected chi connectivity index (χ3v) is 1.57. The van der Waals surface area contributed by atoms with Gasteiger partial charge in [-0.05, 0) is 26.3 Å². The minimum atomic E-state index is -0.592. The molecule has 0 aromatic carbocycles. The van der Waals surface area contributed by atoms with Gasteiger partial charge in [0.05, 0.1) is 0 Å². The Kier molecular flexibility index (Phi) is 2.40. The molecule has 0 unspecified atom stereocenters. The molecule has 1 aliphatic rings. The van der Waals surface area contributed by atoms with Crippen LogP contribution in [0.3, 0.4) is 0 Å². The summed E-state index contributed by atoms with van der Waals surface area (Å²) < 4.78 is 9.77. The maximum absolute atomic E-state index is 10.9. The first-order valence-corrected chi connectivity index (χ1v) is 4.16. The minimum absolute atomic E-state index is 0.514. The molecule has 0 saturated carbocycles. The van der Waals surface area contributed by atoms with E-state index in [1.807, 2.05) is 26.8 Å². The molecular formula is C9H14O3. The lowest BCUT2D eigenvalue weighted by atomic mass is 10.1. The summed E-state index contributed by atoms with van der Waals surface area (Å²) in [6.45, 7) is 5.71. The number of carbonyl (C=O) groups excluding carboxylic acids is 1. The highest BCUT2D eigenvalue weighted by Gasteiger charge is 2.28. The van der Waals surface area contributed by atoms with E-state index < -0.39 is 11.8 Å². The zero-order valence-corrected chi connectivity index (χ0v) is 7.72. The summed E-state index contributed by atoms with van der Waals surface area (Å²) in [4.78, 5) is 10.9. The lowest BCUT2D eigenvalue weighted by Crippen LogP contribution is -2.31. The van der Waals surface area contributed by atoms with E-state index in [1.54, 1.807) is 0 Å².